The Bertz CT molecular complexity index is 582. The summed E-state index contributed by atoms with van der Waals surface area (Å²) in [5.74, 6) is 2.29. The summed E-state index contributed by atoms with van der Waals surface area (Å²) in [5, 5.41) is 5.36. The summed E-state index contributed by atoms with van der Waals surface area (Å²) < 4.78 is 5.13. The summed E-state index contributed by atoms with van der Waals surface area (Å²) in [4.78, 5) is 23.5. The lowest BCUT2D eigenvalue weighted by molar-refractivity contribution is -0.116. The molecule has 1 aromatic carbocycles. The maximum Gasteiger partial charge on any atom is 0.407 e. The van der Waals surface area contributed by atoms with Gasteiger partial charge in [0.15, 0.2) is 0 Å². The minimum absolute atomic E-state index is 0.138. The molecule has 1 aromatic rings. The zero-order chi connectivity index (χ0) is 16.8. The average molecular weight is 302 g/mol. The minimum atomic E-state index is -0.568. The Hall–Kier alpha value is -2.48. The molecule has 2 amide bonds. The van der Waals surface area contributed by atoms with Crippen molar-refractivity contribution in [3.63, 3.8) is 0 Å². The van der Waals surface area contributed by atoms with Gasteiger partial charge < -0.3 is 15.4 Å². The Kier molecular flexibility index (Phi) is 6.00. The van der Waals surface area contributed by atoms with Crippen molar-refractivity contribution in [3.8, 4) is 12.3 Å². The number of benzene rings is 1. The summed E-state index contributed by atoms with van der Waals surface area (Å²) in [6.07, 6.45) is 4.91. The highest BCUT2D eigenvalue weighted by atomic mass is 16.6. The van der Waals surface area contributed by atoms with Crippen LogP contribution in [0.15, 0.2) is 24.3 Å². The smallest absolute Gasteiger partial charge is 0.407 e. The molecule has 1 atom stereocenters. The Labute approximate surface area is 131 Å². The standard InChI is InChI=1S/C17H22N2O3/c1-6-13-8-7-9-14(11-13)19-15(20)10-12(2)18-16(21)22-17(3,4)5/h1,7-9,11-12H,10H2,2-5H3,(H,18,21)(H,19,20)/t12-/m0/s1. The second-order valence-electron chi connectivity index (χ2n) is 6.02. The first-order valence-electron chi connectivity index (χ1n) is 7.05. The van der Waals surface area contributed by atoms with Gasteiger partial charge in [0.05, 0.1) is 0 Å². The number of hydrogen-bond acceptors (Lipinski definition) is 3. The van der Waals surface area contributed by atoms with Gasteiger partial charge in [-0.15, -0.1) is 6.42 Å². The molecule has 0 aliphatic rings. The monoisotopic (exact) mass is 302 g/mol. The molecule has 1 rings (SSSR count). The second kappa shape index (κ2) is 7.51. The first-order chi connectivity index (χ1) is 10.2. The highest BCUT2D eigenvalue weighted by Gasteiger charge is 2.18. The highest BCUT2D eigenvalue weighted by molar-refractivity contribution is 5.91. The van der Waals surface area contributed by atoms with Gasteiger partial charge in [-0.2, -0.15) is 0 Å². The molecule has 118 valence electrons. The second-order valence-corrected chi connectivity index (χ2v) is 6.02. The van der Waals surface area contributed by atoms with Crippen LogP contribution in [0.25, 0.3) is 0 Å². The lowest BCUT2D eigenvalue weighted by atomic mass is 10.2. The molecule has 0 bridgehead atoms. The van der Waals surface area contributed by atoms with Crippen LogP contribution in [-0.4, -0.2) is 23.6 Å². The zero-order valence-corrected chi connectivity index (χ0v) is 13.4. The largest absolute Gasteiger partial charge is 0.444 e. The number of ether oxygens (including phenoxy) is 1. The fourth-order valence-corrected chi connectivity index (χ4v) is 1.74. The third kappa shape index (κ3) is 6.80. The van der Waals surface area contributed by atoms with E-state index in [1.54, 1.807) is 52.0 Å². The zero-order valence-electron chi connectivity index (χ0n) is 13.4. The molecule has 5 heteroatoms. The van der Waals surface area contributed by atoms with Crippen molar-refractivity contribution in [1.29, 1.82) is 0 Å². The van der Waals surface area contributed by atoms with E-state index in [0.717, 1.165) is 0 Å². The maximum atomic E-state index is 11.9. The number of amides is 2. The predicted molar refractivity (Wildman–Crippen MR) is 86.5 cm³/mol. The van der Waals surface area contributed by atoms with E-state index in [1.807, 2.05) is 0 Å². The van der Waals surface area contributed by atoms with Crippen molar-refractivity contribution in [1.82, 2.24) is 5.32 Å². The van der Waals surface area contributed by atoms with Crippen LogP contribution in [0.5, 0.6) is 0 Å². The Balaban J connectivity index is 2.47. The van der Waals surface area contributed by atoms with E-state index in [-0.39, 0.29) is 18.4 Å². The van der Waals surface area contributed by atoms with E-state index in [9.17, 15) is 9.59 Å². The third-order valence-electron chi connectivity index (χ3n) is 2.57. The van der Waals surface area contributed by atoms with Crippen molar-refractivity contribution >= 4 is 17.7 Å². The number of anilines is 1. The molecule has 0 unspecified atom stereocenters. The normalized spacial score (nSPS) is 12.0. The van der Waals surface area contributed by atoms with Crippen molar-refractivity contribution < 1.29 is 14.3 Å². The fraction of sp³-hybridized carbons (Fsp3) is 0.412. The Morgan fingerprint density at radius 3 is 2.64 bits per heavy atom. The van der Waals surface area contributed by atoms with Gasteiger partial charge in [0, 0.05) is 23.7 Å². The summed E-state index contributed by atoms with van der Waals surface area (Å²) >= 11 is 0. The molecule has 0 saturated carbocycles. The van der Waals surface area contributed by atoms with Crippen LogP contribution in [0, 0.1) is 12.3 Å². The number of terminal acetylenes is 1. The summed E-state index contributed by atoms with van der Waals surface area (Å²) in [5.41, 5.74) is 0.754. The van der Waals surface area contributed by atoms with Crippen LogP contribution in [0.2, 0.25) is 0 Å². The van der Waals surface area contributed by atoms with E-state index < -0.39 is 11.7 Å². The quantitative estimate of drug-likeness (QED) is 0.840. The van der Waals surface area contributed by atoms with Gasteiger partial charge in [0.25, 0.3) is 0 Å². The van der Waals surface area contributed by atoms with Gasteiger partial charge in [0.1, 0.15) is 5.60 Å². The number of hydrogen-bond donors (Lipinski definition) is 2. The molecule has 5 nitrogen and oxygen atoms in total. The van der Waals surface area contributed by atoms with E-state index in [0.29, 0.717) is 11.3 Å². The molecule has 0 aromatic heterocycles. The third-order valence-corrected chi connectivity index (χ3v) is 2.57. The Morgan fingerprint density at radius 2 is 2.05 bits per heavy atom. The van der Waals surface area contributed by atoms with Gasteiger partial charge in [-0.1, -0.05) is 12.0 Å². The molecule has 0 spiro atoms. The molecule has 0 radical (unpaired) electrons. The van der Waals surface area contributed by atoms with Crippen molar-refractivity contribution in [3.05, 3.63) is 29.8 Å². The van der Waals surface area contributed by atoms with Gasteiger partial charge >= 0.3 is 6.09 Å². The number of rotatable bonds is 4. The van der Waals surface area contributed by atoms with E-state index >= 15 is 0 Å². The van der Waals surface area contributed by atoms with Crippen molar-refractivity contribution in [2.24, 2.45) is 0 Å². The van der Waals surface area contributed by atoms with Crippen LogP contribution < -0.4 is 10.6 Å². The van der Waals surface area contributed by atoms with E-state index in [1.165, 1.54) is 0 Å². The number of carbonyl (C=O) groups is 2. The van der Waals surface area contributed by atoms with Crippen LogP contribution in [0.4, 0.5) is 10.5 Å². The first-order valence-corrected chi connectivity index (χ1v) is 7.05. The molecular weight excluding hydrogens is 280 g/mol. The van der Waals surface area contributed by atoms with Gasteiger partial charge in [0.2, 0.25) is 5.91 Å². The maximum absolute atomic E-state index is 11.9. The number of nitrogens with one attached hydrogen (secondary N) is 2. The fourth-order valence-electron chi connectivity index (χ4n) is 1.74. The Morgan fingerprint density at radius 1 is 1.36 bits per heavy atom. The molecule has 0 heterocycles. The van der Waals surface area contributed by atoms with Gasteiger partial charge in [-0.3, -0.25) is 4.79 Å². The lowest BCUT2D eigenvalue weighted by Gasteiger charge is -2.21. The summed E-state index contributed by atoms with van der Waals surface area (Å²) in [6, 6.07) is 6.68. The van der Waals surface area contributed by atoms with Crippen molar-refractivity contribution in [2.45, 2.75) is 45.8 Å². The highest BCUT2D eigenvalue weighted by Crippen LogP contribution is 2.11. The number of carbonyl (C=O) groups excluding carboxylic acids is 2. The SMILES string of the molecule is C#Cc1cccc(NC(=O)C[C@H](C)NC(=O)OC(C)(C)C)c1. The molecular formula is C17H22N2O3. The summed E-state index contributed by atoms with van der Waals surface area (Å²) in [7, 11) is 0. The topological polar surface area (TPSA) is 67.4 Å². The van der Waals surface area contributed by atoms with Crippen LogP contribution in [0.1, 0.15) is 39.7 Å². The molecule has 0 fully saturated rings. The average Bonchev–Trinajstić information content (AvgIpc) is 2.35. The van der Waals surface area contributed by atoms with E-state index in [2.05, 4.69) is 16.6 Å². The van der Waals surface area contributed by atoms with Crippen molar-refractivity contribution in [2.75, 3.05) is 5.32 Å². The van der Waals surface area contributed by atoms with Crippen LogP contribution >= 0.6 is 0 Å². The molecule has 0 aliphatic carbocycles. The molecule has 2 N–H and O–H groups in total. The van der Waals surface area contributed by atoms with E-state index in [4.69, 9.17) is 11.2 Å². The summed E-state index contributed by atoms with van der Waals surface area (Å²) in [6.45, 7) is 7.08. The van der Waals surface area contributed by atoms with Gasteiger partial charge in [-0.25, -0.2) is 4.79 Å². The molecule has 22 heavy (non-hydrogen) atoms. The lowest BCUT2D eigenvalue weighted by Crippen LogP contribution is -2.39. The van der Waals surface area contributed by atoms with Crippen LogP contribution in [-0.2, 0) is 9.53 Å². The van der Waals surface area contributed by atoms with Gasteiger partial charge in [-0.05, 0) is 45.9 Å². The minimum Gasteiger partial charge on any atom is -0.444 e. The predicted octanol–water partition coefficient (Wildman–Crippen LogP) is 2.91. The molecule has 0 saturated heterocycles. The van der Waals surface area contributed by atoms with Crippen LogP contribution in [0.3, 0.4) is 0 Å². The number of alkyl carbamates (subject to hydrolysis) is 1. The first kappa shape index (κ1) is 17.6. The molecule has 0 aliphatic heterocycles.